The molecule has 0 unspecified atom stereocenters. The molecule has 0 saturated carbocycles. The summed E-state index contributed by atoms with van der Waals surface area (Å²) in [6.45, 7) is 1.93. The van der Waals surface area contributed by atoms with Crippen LogP contribution >= 0.6 is 0 Å². The van der Waals surface area contributed by atoms with Gasteiger partial charge in [-0.05, 0) is 30.2 Å². The third-order valence-electron chi connectivity index (χ3n) is 4.72. The molecule has 4 rings (SSSR count). The van der Waals surface area contributed by atoms with Crippen LogP contribution in [0.15, 0.2) is 96.1 Å². The Hall–Kier alpha value is -3.20. The van der Waals surface area contributed by atoms with Crippen molar-refractivity contribution in [3.05, 3.63) is 102 Å². The number of nitrogens with zero attached hydrogens (tertiary/aromatic N) is 2. The van der Waals surface area contributed by atoms with Crippen molar-refractivity contribution >= 4 is 17.3 Å². The monoisotopic (exact) mass is 326 g/mol. The summed E-state index contributed by atoms with van der Waals surface area (Å²) in [5.74, 6) is -0.0476. The van der Waals surface area contributed by atoms with E-state index in [-0.39, 0.29) is 5.91 Å². The number of hydrogen-bond donors (Lipinski definition) is 0. The molecule has 0 saturated heterocycles. The molecule has 1 aliphatic heterocycles. The molecule has 0 N–H and O–H groups in total. The van der Waals surface area contributed by atoms with Gasteiger partial charge in [0.25, 0.3) is 5.91 Å². The Kier molecular flexibility index (Phi) is 3.69. The second kappa shape index (κ2) is 6.02. The summed E-state index contributed by atoms with van der Waals surface area (Å²) in [5, 5.41) is 6.17. The van der Waals surface area contributed by atoms with E-state index >= 15 is 0 Å². The predicted octanol–water partition coefficient (Wildman–Crippen LogP) is 4.40. The molecule has 3 nitrogen and oxygen atoms in total. The quantitative estimate of drug-likeness (QED) is 0.702. The molecule has 0 bridgehead atoms. The number of benzene rings is 3. The van der Waals surface area contributed by atoms with Gasteiger partial charge < -0.3 is 0 Å². The third kappa shape index (κ3) is 2.28. The van der Waals surface area contributed by atoms with E-state index in [9.17, 15) is 4.79 Å². The molecule has 0 radical (unpaired) electrons. The second-order valence-electron chi connectivity index (χ2n) is 6.12. The fourth-order valence-electron chi connectivity index (χ4n) is 3.54. The van der Waals surface area contributed by atoms with Gasteiger partial charge in [0.05, 0.1) is 11.4 Å². The van der Waals surface area contributed by atoms with Crippen LogP contribution in [0.5, 0.6) is 0 Å². The first-order valence-electron chi connectivity index (χ1n) is 8.31. The molecular weight excluding hydrogens is 308 g/mol. The minimum atomic E-state index is -0.891. The highest BCUT2D eigenvalue weighted by Crippen LogP contribution is 2.41. The van der Waals surface area contributed by atoms with E-state index < -0.39 is 5.41 Å². The third-order valence-corrected chi connectivity index (χ3v) is 4.72. The predicted molar refractivity (Wildman–Crippen MR) is 101 cm³/mol. The van der Waals surface area contributed by atoms with Crippen LogP contribution in [0.1, 0.15) is 18.1 Å². The van der Waals surface area contributed by atoms with E-state index in [0.717, 1.165) is 22.5 Å². The number of para-hydroxylation sites is 1. The van der Waals surface area contributed by atoms with Crippen molar-refractivity contribution in [1.29, 1.82) is 0 Å². The van der Waals surface area contributed by atoms with Crippen molar-refractivity contribution in [3.8, 4) is 0 Å². The minimum Gasteiger partial charge on any atom is -0.271 e. The Bertz CT molecular complexity index is 879. The lowest BCUT2D eigenvalue weighted by molar-refractivity contribution is -0.120. The topological polar surface area (TPSA) is 32.7 Å². The van der Waals surface area contributed by atoms with Crippen molar-refractivity contribution in [2.45, 2.75) is 12.3 Å². The summed E-state index contributed by atoms with van der Waals surface area (Å²) in [4.78, 5) is 13.7. The van der Waals surface area contributed by atoms with Crippen LogP contribution in [0, 0.1) is 0 Å². The molecule has 1 amide bonds. The van der Waals surface area contributed by atoms with Crippen molar-refractivity contribution < 1.29 is 4.79 Å². The minimum absolute atomic E-state index is 0.0476. The van der Waals surface area contributed by atoms with Gasteiger partial charge in [0.2, 0.25) is 0 Å². The molecule has 0 fully saturated rings. The van der Waals surface area contributed by atoms with Gasteiger partial charge in [0, 0.05) is 0 Å². The summed E-state index contributed by atoms with van der Waals surface area (Å²) in [6, 6.07) is 29.3. The van der Waals surface area contributed by atoms with E-state index in [1.807, 2.05) is 97.9 Å². The number of hydrogen-bond acceptors (Lipinski definition) is 2. The lowest BCUT2D eigenvalue weighted by atomic mass is 9.71. The standard InChI is InChI=1S/C22H18N2O/c1-17-22(18-11-5-2-6-12-18,19-13-7-3-8-14-19)21(25)24(23-17)20-15-9-4-10-16-20/h2-16H,1H3. The van der Waals surface area contributed by atoms with Gasteiger partial charge in [-0.15, -0.1) is 0 Å². The fourth-order valence-corrected chi connectivity index (χ4v) is 3.54. The molecule has 1 heterocycles. The van der Waals surface area contributed by atoms with E-state index in [1.165, 1.54) is 5.01 Å². The summed E-state index contributed by atoms with van der Waals surface area (Å²) < 4.78 is 0. The van der Waals surface area contributed by atoms with E-state index in [2.05, 4.69) is 5.10 Å². The molecule has 3 aromatic carbocycles. The normalized spacial score (nSPS) is 16.0. The summed E-state index contributed by atoms with van der Waals surface area (Å²) in [5.41, 5.74) is 2.54. The zero-order valence-electron chi connectivity index (χ0n) is 14.0. The molecule has 122 valence electrons. The maximum Gasteiger partial charge on any atom is 0.268 e. The van der Waals surface area contributed by atoms with Gasteiger partial charge >= 0.3 is 0 Å². The maximum absolute atomic E-state index is 13.7. The Labute approximate surface area is 147 Å². The Morgan fingerprint density at radius 1 is 0.720 bits per heavy atom. The lowest BCUT2D eigenvalue weighted by Gasteiger charge is -2.29. The summed E-state index contributed by atoms with van der Waals surface area (Å²) in [6.07, 6.45) is 0. The smallest absolute Gasteiger partial charge is 0.268 e. The van der Waals surface area contributed by atoms with Crippen LogP contribution in [-0.4, -0.2) is 11.6 Å². The maximum atomic E-state index is 13.7. The first-order chi connectivity index (χ1) is 12.2. The number of amides is 1. The molecular formula is C22H18N2O. The van der Waals surface area contributed by atoms with Crippen molar-refractivity contribution in [3.63, 3.8) is 0 Å². The van der Waals surface area contributed by atoms with Gasteiger partial charge in [-0.1, -0.05) is 78.9 Å². The van der Waals surface area contributed by atoms with Crippen molar-refractivity contribution in [1.82, 2.24) is 0 Å². The Balaban J connectivity index is 1.94. The van der Waals surface area contributed by atoms with Gasteiger partial charge in [-0.3, -0.25) is 4.79 Å². The molecule has 0 aromatic heterocycles. The van der Waals surface area contributed by atoms with Gasteiger partial charge in [0.1, 0.15) is 5.41 Å². The first-order valence-corrected chi connectivity index (χ1v) is 8.31. The second-order valence-corrected chi connectivity index (χ2v) is 6.12. The van der Waals surface area contributed by atoms with Crippen LogP contribution in [0.3, 0.4) is 0 Å². The number of hydrazone groups is 1. The highest BCUT2D eigenvalue weighted by Gasteiger charge is 2.52. The van der Waals surface area contributed by atoms with Crippen molar-refractivity contribution in [2.24, 2.45) is 5.10 Å². The number of carbonyl (C=O) groups is 1. The number of anilines is 1. The Morgan fingerprint density at radius 2 is 1.16 bits per heavy atom. The molecule has 3 heteroatoms. The SMILES string of the molecule is CC1=NN(c2ccccc2)C(=O)C1(c1ccccc1)c1ccccc1. The highest BCUT2D eigenvalue weighted by atomic mass is 16.2. The average Bonchev–Trinajstić information content (AvgIpc) is 2.95. The van der Waals surface area contributed by atoms with E-state index in [4.69, 9.17) is 0 Å². The van der Waals surface area contributed by atoms with Crippen LogP contribution < -0.4 is 5.01 Å². The molecule has 25 heavy (non-hydrogen) atoms. The lowest BCUT2D eigenvalue weighted by Crippen LogP contribution is -2.44. The van der Waals surface area contributed by atoms with E-state index in [1.54, 1.807) is 0 Å². The van der Waals surface area contributed by atoms with Gasteiger partial charge in [0.15, 0.2) is 0 Å². The van der Waals surface area contributed by atoms with Gasteiger partial charge in [-0.25, -0.2) is 0 Å². The van der Waals surface area contributed by atoms with Gasteiger partial charge in [-0.2, -0.15) is 10.1 Å². The van der Waals surface area contributed by atoms with Crippen LogP contribution in [-0.2, 0) is 10.2 Å². The Morgan fingerprint density at radius 3 is 1.64 bits per heavy atom. The number of carbonyl (C=O) groups excluding carboxylic acids is 1. The van der Waals surface area contributed by atoms with E-state index in [0.29, 0.717) is 0 Å². The molecule has 0 atom stereocenters. The first kappa shape index (κ1) is 15.3. The molecule has 3 aromatic rings. The summed E-state index contributed by atoms with van der Waals surface area (Å²) >= 11 is 0. The molecule has 0 spiro atoms. The van der Waals surface area contributed by atoms with Crippen LogP contribution in [0.4, 0.5) is 5.69 Å². The number of rotatable bonds is 3. The van der Waals surface area contributed by atoms with Crippen molar-refractivity contribution in [2.75, 3.05) is 5.01 Å². The fraction of sp³-hybridized carbons (Fsp3) is 0.0909. The molecule has 1 aliphatic rings. The van der Waals surface area contributed by atoms with Crippen LogP contribution in [0.2, 0.25) is 0 Å². The molecule has 0 aliphatic carbocycles. The average molecular weight is 326 g/mol. The largest absolute Gasteiger partial charge is 0.271 e. The zero-order valence-corrected chi connectivity index (χ0v) is 14.0. The highest BCUT2D eigenvalue weighted by molar-refractivity contribution is 6.25. The van der Waals surface area contributed by atoms with Crippen LogP contribution in [0.25, 0.3) is 0 Å². The summed E-state index contributed by atoms with van der Waals surface area (Å²) in [7, 11) is 0. The zero-order chi connectivity index (χ0) is 17.3.